The van der Waals surface area contributed by atoms with Gasteiger partial charge in [-0.15, -0.1) is 0 Å². The van der Waals surface area contributed by atoms with Crippen LogP contribution in [0, 0.1) is 5.41 Å². The van der Waals surface area contributed by atoms with Crippen molar-refractivity contribution in [1.29, 1.82) is 5.41 Å². The molecule has 0 bridgehead atoms. The summed E-state index contributed by atoms with van der Waals surface area (Å²) in [4.78, 5) is 11.7. The van der Waals surface area contributed by atoms with E-state index in [1.165, 1.54) is 0 Å². The molecule has 3 rings (SSSR count). The minimum atomic E-state index is 0.0224. The number of aromatic nitrogens is 2. The van der Waals surface area contributed by atoms with E-state index in [9.17, 15) is 0 Å². The molecule has 0 radical (unpaired) electrons. The van der Waals surface area contributed by atoms with Gasteiger partial charge in [-0.25, -0.2) is 4.99 Å². The van der Waals surface area contributed by atoms with Gasteiger partial charge < -0.3 is 16.5 Å². The molecule has 6 heteroatoms. The molecule has 0 aliphatic heterocycles. The molecule has 114 valence electrons. The Labute approximate surface area is 133 Å². The van der Waals surface area contributed by atoms with Crippen LogP contribution in [0.25, 0.3) is 11.3 Å². The van der Waals surface area contributed by atoms with Crippen molar-refractivity contribution in [3.63, 3.8) is 0 Å². The molecule has 0 aliphatic rings. The van der Waals surface area contributed by atoms with Crippen LogP contribution < -0.4 is 11.5 Å². The Hall–Kier alpha value is -3.41. The molecule has 1 heterocycles. The standard InChI is InChI=1S/C17H16N6/c18-15(19)13-8-4-5-11(9-13)10-21-16-14(22-17(20)23-16)12-6-2-1-3-7-12/h1-10H,(H3,18,19)(H3,20,22,23). The van der Waals surface area contributed by atoms with Crippen LogP contribution in [-0.2, 0) is 0 Å². The van der Waals surface area contributed by atoms with Gasteiger partial charge in [-0.2, -0.15) is 4.98 Å². The zero-order chi connectivity index (χ0) is 16.2. The number of anilines is 1. The molecule has 0 spiro atoms. The molecule has 1 aromatic heterocycles. The average molecular weight is 304 g/mol. The molecule has 0 amide bonds. The number of rotatable bonds is 4. The maximum absolute atomic E-state index is 7.48. The van der Waals surface area contributed by atoms with Crippen LogP contribution in [0.2, 0.25) is 0 Å². The van der Waals surface area contributed by atoms with Gasteiger partial charge in [0.25, 0.3) is 0 Å². The van der Waals surface area contributed by atoms with Crippen LogP contribution in [0.3, 0.4) is 0 Å². The third-order valence-electron chi connectivity index (χ3n) is 3.30. The van der Waals surface area contributed by atoms with E-state index < -0.39 is 0 Å². The number of aliphatic imine (C=N–C) groups is 1. The highest BCUT2D eigenvalue weighted by Gasteiger charge is 2.09. The lowest BCUT2D eigenvalue weighted by Gasteiger charge is -2.00. The van der Waals surface area contributed by atoms with Crippen molar-refractivity contribution in [2.45, 2.75) is 0 Å². The quantitative estimate of drug-likeness (QED) is 0.438. The Morgan fingerprint density at radius 3 is 2.65 bits per heavy atom. The number of nitrogen functional groups attached to an aromatic ring is 2. The predicted molar refractivity (Wildman–Crippen MR) is 93.1 cm³/mol. The minimum absolute atomic E-state index is 0.0224. The van der Waals surface area contributed by atoms with Gasteiger partial charge in [-0.1, -0.05) is 48.5 Å². The summed E-state index contributed by atoms with van der Waals surface area (Å²) in [5, 5.41) is 7.48. The first-order valence-corrected chi connectivity index (χ1v) is 7.03. The zero-order valence-corrected chi connectivity index (χ0v) is 12.3. The number of nitrogens with zero attached hydrogens (tertiary/aromatic N) is 2. The molecule has 23 heavy (non-hydrogen) atoms. The van der Waals surface area contributed by atoms with E-state index in [2.05, 4.69) is 15.0 Å². The van der Waals surface area contributed by atoms with Gasteiger partial charge in [0.2, 0.25) is 0 Å². The monoisotopic (exact) mass is 304 g/mol. The van der Waals surface area contributed by atoms with Gasteiger partial charge in [0, 0.05) is 17.3 Å². The number of amidine groups is 1. The van der Waals surface area contributed by atoms with Gasteiger partial charge in [0.15, 0.2) is 11.8 Å². The molecule has 6 nitrogen and oxygen atoms in total. The molecule has 0 unspecified atom stereocenters. The highest BCUT2D eigenvalue weighted by Crippen LogP contribution is 2.28. The number of aromatic amines is 1. The summed E-state index contributed by atoms with van der Waals surface area (Å²) in [5.74, 6) is 0.852. The van der Waals surface area contributed by atoms with Gasteiger partial charge in [0.05, 0.1) is 5.69 Å². The fraction of sp³-hybridized carbons (Fsp3) is 0. The molecular weight excluding hydrogens is 288 g/mol. The van der Waals surface area contributed by atoms with Crippen molar-refractivity contribution in [1.82, 2.24) is 9.97 Å². The van der Waals surface area contributed by atoms with Crippen molar-refractivity contribution in [2.75, 3.05) is 5.73 Å². The Morgan fingerprint density at radius 1 is 1.13 bits per heavy atom. The molecule has 0 atom stereocenters. The third kappa shape index (κ3) is 3.26. The van der Waals surface area contributed by atoms with E-state index in [1.54, 1.807) is 18.3 Å². The number of nitrogens with two attached hydrogens (primary N) is 2. The van der Waals surface area contributed by atoms with E-state index in [-0.39, 0.29) is 5.84 Å². The predicted octanol–water partition coefficient (Wildman–Crippen LogP) is 2.69. The van der Waals surface area contributed by atoms with Gasteiger partial charge in [-0.05, 0) is 11.6 Å². The SMILES string of the molecule is N=C(N)c1cccc(C=Nc2nc(N)[nH]c2-c2ccccc2)c1. The molecule has 0 fully saturated rings. The van der Waals surface area contributed by atoms with Gasteiger partial charge in [-0.3, -0.25) is 5.41 Å². The Bertz CT molecular complexity index is 864. The summed E-state index contributed by atoms with van der Waals surface area (Å²) in [5.41, 5.74) is 14.5. The van der Waals surface area contributed by atoms with E-state index in [0.29, 0.717) is 17.3 Å². The summed E-state index contributed by atoms with van der Waals surface area (Å²) < 4.78 is 0. The van der Waals surface area contributed by atoms with E-state index in [1.807, 2.05) is 42.5 Å². The van der Waals surface area contributed by atoms with Crippen LogP contribution in [-0.4, -0.2) is 22.0 Å². The number of hydrogen-bond donors (Lipinski definition) is 4. The lowest BCUT2D eigenvalue weighted by atomic mass is 10.1. The van der Waals surface area contributed by atoms with Crippen LogP contribution >= 0.6 is 0 Å². The van der Waals surface area contributed by atoms with Gasteiger partial charge >= 0.3 is 0 Å². The normalized spacial score (nSPS) is 11.0. The lowest BCUT2D eigenvalue weighted by Crippen LogP contribution is -2.10. The molecule has 0 saturated heterocycles. The molecular formula is C17H16N6. The second-order valence-corrected chi connectivity index (χ2v) is 4.98. The lowest BCUT2D eigenvalue weighted by molar-refractivity contribution is 1.31. The maximum atomic E-state index is 7.48. The van der Waals surface area contributed by atoms with Gasteiger partial charge in [0.1, 0.15) is 5.84 Å². The second-order valence-electron chi connectivity index (χ2n) is 4.98. The van der Waals surface area contributed by atoms with E-state index in [0.717, 1.165) is 16.8 Å². The number of nitrogens with one attached hydrogen (secondary N) is 2. The van der Waals surface area contributed by atoms with Crippen LogP contribution in [0.4, 0.5) is 11.8 Å². The smallest absolute Gasteiger partial charge is 0.200 e. The Morgan fingerprint density at radius 2 is 1.91 bits per heavy atom. The molecule has 3 aromatic rings. The van der Waals surface area contributed by atoms with Crippen molar-refractivity contribution in [2.24, 2.45) is 10.7 Å². The molecule has 0 aliphatic carbocycles. The zero-order valence-electron chi connectivity index (χ0n) is 12.3. The summed E-state index contributed by atoms with van der Waals surface area (Å²) in [6.07, 6.45) is 1.68. The fourth-order valence-electron chi connectivity index (χ4n) is 2.20. The fourth-order valence-corrected chi connectivity index (χ4v) is 2.20. The largest absolute Gasteiger partial charge is 0.384 e. The minimum Gasteiger partial charge on any atom is -0.384 e. The van der Waals surface area contributed by atoms with Crippen LogP contribution in [0.15, 0.2) is 59.6 Å². The molecule has 6 N–H and O–H groups in total. The Balaban J connectivity index is 1.94. The highest BCUT2D eigenvalue weighted by atomic mass is 15.1. The van der Waals surface area contributed by atoms with E-state index in [4.69, 9.17) is 16.9 Å². The first kappa shape index (κ1) is 14.5. The first-order chi connectivity index (χ1) is 11.1. The average Bonchev–Trinajstić information content (AvgIpc) is 2.95. The second kappa shape index (κ2) is 6.15. The summed E-state index contributed by atoms with van der Waals surface area (Å²) in [6, 6.07) is 17.0. The van der Waals surface area contributed by atoms with Crippen molar-refractivity contribution in [3.05, 3.63) is 65.7 Å². The molecule has 0 saturated carbocycles. The molecule has 2 aromatic carbocycles. The third-order valence-corrected chi connectivity index (χ3v) is 3.30. The summed E-state index contributed by atoms with van der Waals surface area (Å²) >= 11 is 0. The summed E-state index contributed by atoms with van der Waals surface area (Å²) in [6.45, 7) is 0. The maximum Gasteiger partial charge on any atom is 0.200 e. The topological polar surface area (TPSA) is 117 Å². The first-order valence-electron chi connectivity index (χ1n) is 7.03. The van der Waals surface area contributed by atoms with Crippen LogP contribution in [0.1, 0.15) is 11.1 Å². The van der Waals surface area contributed by atoms with Crippen molar-refractivity contribution < 1.29 is 0 Å². The highest BCUT2D eigenvalue weighted by molar-refractivity contribution is 5.97. The van der Waals surface area contributed by atoms with Crippen LogP contribution in [0.5, 0.6) is 0 Å². The summed E-state index contributed by atoms with van der Waals surface area (Å²) in [7, 11) is 0. The number of benzene rings is 2. The number of imidazole rings is 1. The van der Waals surface area contributed by atoms with Crippen molar-refractivity contribution in [3.8, 4) is 11.3 Å². The number of hydrogen-bond acceptors (Lipinski definition) is 4. The number of H-pyrrole nitrogens is 1. The van der Waals surface area contributed by atoms with E-state index >= 15 is 0 Å². The van der Waals surface area contributed by atoms with Crippen molar-refractivity contribution >= 4 is 23.8 Å². The Kier molecular flexibility index (Phi) is 3.88.